The van der Waals surface area contributed by atoms with Crippen molar-refractivity contribution in [1.29, 1.82) is 0 Å². The molecule has 0 radical (unpaired) electrons. The number of rotatable bonds is 6. The van der Waals surface area contributed by atoms with Crippen LogP contribution < -0.4 is 5.32 Å². The zero-order chi connectivity index (χ0) is 22.1. The molecule has 1 aliphatic heterocycles. The Morgan fingerprint density at radius 1 is 1.19 bits per heavy atom. The molecule has 1 saturated heterocycles. The van der Waals surface area contributed by atoms with Crippen molar-refractivity contribution < 1.29 is 4.79 Å². The number of amides is 1. The lowest BCUT2D eigenvalue weighted by atomic mass is 10.0. The molecule has 4 aromatic rings. The third-order valence-electron chi connectivity index (χ3n) is 6.55. The van der Waals surface area contributed by atoms with Crippen LogP contribution in [0.3, 0.4) is 0 Å². The summed E-state index contributed by atoms with van der Waals surface area (Å²) < 4.78 is 3.20. The quantitative estimate of drug-likeness (QED) is 0.397. The molecular weight excluding hydrogens is 416 g/mol. The zero-order valence-corrected chi connectivity index (χ0v) is 19.6. The summed E-state index contributed by atoms with van der Waals surface area (Å²) in [4.78, 5) is 21.0. The summed E-state index contributed by atoms with van der Waals surface area (Å²) in [5.74, 6) is 0.00461. The van der Waals surface area contributed by atoms with Crippen molar-refractivity contribution in [2.24, 2.45) is 0 Å². The lowest BCUT2D eigenvalue weighted by molar-refractivity contribution is 0.0949. The molecule has 1 atom stereocenters. The highest BCUT2D eigenvalue weighted by Gasteiger charge is 2.17. The van der Waals surface area contributed by atoms with E-state index in [1.807, 2.05) is 18.2 Å². The predicted octanol–water partition coefficient (Wildman–Crippen LogP) is 5.52. The van der Waals surface area contributed by atoms with Gasteiger partial charge < -0.3 is 10.2 Å². The summed E-state index contributed by atoms with van der Waals surface area (Å²) in [6.07, 6.45) is 7.02. The maximum atomic E-state index is 12.7. The second kappa shape index (κ2) is 9.04. The number of hydrogen-bond acceptors (Lipinski definition) is 4. The van der Waals surface area contributed by atoms with Crippen LogP contribution in [0.5, 0.6) is 0 Å². The minimum Gasteiger partial charge on any atom is -0.352 e. The molecule has 5 rings (SSSR count). The van der Waals surface area contributed by atoms with E-state index in [0.29, 0.717) is 18.2 Å². The minimum absolute atomic E-state index is 0.00461. The average Bonchev–Trinajstić information content (AvgIpc) is 3.36. The number of fused-ring (bicyclic) bond motifs is 3. The lowest BCUT2D eigenvalue weighted by Crippen LogP contribution is -2.39. The Hall–Kier alpha value is -2.70. The van der Waals surface area contributed by atoms with Gasteiger partial charge in [-0.25, -0.2) is 4.98 Å². The van der Waals surface area contributed by atoms with Crippen molar-refractivity contribution in [3.05, 3.63) is 59.8 Å². The fourth-order valence-corrected chi connectivity index (χ4v) is 5.63. The number of carbonyl (C=O) groups is 1. The van der Waals surface area contributed by atoms with Crippen LogP contribution in [0.15, 0.2) is 48.7 Å². The Bertz CT molecular complexity index is 1240. The predicted molar refractivity (Wildman–Crippen MR) is 133 cm³/mol. The maximum absolute atomic E-state index is 12.7. The van der Waals surface area contributed by atoms with E-state index in [-0.39, 0.29) is 5.91 Å². The molecule has 1 unspecified atom stereocenters. The lowest BCUT2D eigenvalue weighted by Gasteiger charge is -2.33. The second-order valence-electron chi connectivity index (χ2n) is 8.92. The van der Waals surface area contributed by atoms with Crippen LogP contribution in [0.25, 0.3) is 26.4 Å². The summed E-state index contributed by atoms with van der Waals surface area (Å²) in [6, 6.07) is 15.0. The summed E-state index contributed by atoms with van der Waals surface area (Å²) >= 11 is 1.62. The van der Waals surface area contributed by atoms with Crippen LogP contribution in [0, 0.1) is 6.92 Å². The van der Waals surface area contributed by atoms with Gasteiger partial charge in [0.15, 0.2) is 4.96 Å². The van der Waals surface area contributed by atoms with Crippen molar-refractivity contribution in [1.82, 2.24) is 19.6 Å². The largest absolute Gasteiger partial charge is 0.352 e. The van der Waals surface area contributed by atoms with E-state index in [0.717, 1.165) is 39.4 Å². The van der Waals surface area contributed by atoms with Gasteiger partial charge in [-0.3, -0.25) is 9.20 Å². The molecule has 0 saturated carbocycles. The Balaban J connectivity index is 1.25. The van der Waals surface area contributed by atoms with Crippen molar-refractivity contribution >= 4 is 32.4 Å². The van der Waals surface area contributed by atoms with E-state index in [2.05, 4.69) is 58.9 Å². The molecule has 2 aromatic carbocycles. The van der Waals surface area contributed by atoms with Gasteiger partial charge in [-0.2, -0.15) is 0 Å². The Morgan fingerprint density at radius 2 is 2.03 bits per heavy atom. The Labute approximate surface area is 193 Å². The molecule has 166 valence electrons. The molecule has 1 aliphatic rings. The summed E-state index contributed by atoms with van der Waals surface area (Å²) in [6.45, 7) is 7.37. The molecule has 5 nitrogen and oxygen atoms in total. The van der Waals surface area contributed by atoms with Gasteiger partial charge in [-0.1, -0.05) is 47.6 Å². The number of aromatic nitrogens is 2. The van der Waals surface area contributed by atoms with Crippen LogP contribution in [-0.2, 0) is 0 Å². The number of nitrogens with zero attached hydrogens (tertiary/aromatic N) is 3. The first-order valence-electron chi connectivity index (χ1n) is 11.6. The molecule has 2 aromatic heterocycles. The fraction of sp³-hybridized carbons (Fsp3) is 0.385. The standard InChI is InChI=1S/C26H30N4OS/c1-18-7-9-20(10-8-18)22-17-30-23-12-11-21(16-24(23)32-26(30)28-22)25(31)27-13-5-15-29-14-4-3-6-19(29)2/h7-12,16-17,19H,3-6,13-15H2,1-2H3,(H,27,31). The van der Waals surface area contributed by atoms with Gasteiger partial charge in [-0.05, 0) is 57.9 Å². The number of benzene rings is 2. The minimum atomic E-state index is 0.00461. The van der Waals surface area contributed by atoms with E-state index < -0.39 is 0 Å². The van der Waals surface area contributed by atoms with Crippen LogP contribution in [0.4, 0.5) is 0 Å². The smallest absolute Gasteiger partial charge is 0.251 e. The molecule has 0 aliphatic carbocycles. The highest BCUT2D eigenvalue weighted by atomic mass is 32.1. The molecule has 6 heteroatoms. The monoisotopic (exact) mass is 446 g/mol. The van der Waals surface area contributed by atoms with E-state index in [4.69, 9.17) is 4.98 Å². The van der Waals surface area contributed by atoms with E-state index in [1.54, 1.807) is 11.3 Å². The number of nitrogens with one attached hydrogen (secondary N) is 1. The highest BCUT2D eigenvalue weighted by molar-refractivity contribution is 7.23. The van der Waals surface area contributed by atoms with Crippen molar-refractivity contribution in [3.8, 4) is 11.3 Å². The molecule has 1 fully saturated rings. The zero-order valence-electron chi connectivity index (χ0n) is 18.8. The van der Waals surface area contributed by atoms with Crippen LogP contribution in [-0.4, -0.2) is 45.9 Å². The Morgan fingerprint density at radius 3 is 2.84 bits per heavy atom. The van der Waals surface area contributed by atoms with Gasteiger partial charge in [0.1, 0.15) is 0 Å². The van der Waals surface area contributed by atoms with E-state index in [9.17, 15) is 4.79 Å². The summed E-state index contributed by atoms with van der Waals surface area (Å²) in [7, 11) is 0. The number of thiazole rings is 1. The number of carbonyl (C=O) groups excluding carboxylic acids is 1. The molecule has 1 N–H and O–H groups in total. The molecule has 1 amide bonds. The first-order chi connectivity index (χ1) is 15.6. The fourth-order valence-electron chi connectivity index (χ4n) is 4.58. The maximum Gasteiger partial charge on any atom is 0.251 e. The van der Waals surface area contributed by atoms with Gasteiger partial charge >= 0.3 is 0 Å². The number of piperidine rings is 1. The number of imidazole rings is 1. The van der Waals surface area contributed by atoms with Crippen LogP contribution >= 0.6 is 11.3 Å². The summed E-state index contributed by atoms with van der Waals surface area (Å²) in [5.41, 5.74) is 5.14. The first-order valence-corrected chi connectivity index (χ1v) is 12.4. The SMILES string of the molecule is Cc1ccc(-c2cn3c(n2)sc2cc(C(=O)NCCCN4CCCCC4C)ccc23)cc1. The molecule has 0 bridgehead atoms. The molecule has 0 spiro atoms. The van der Waals surface area contributed by atoms with Crippen molar-refractivity contribution in [3.63, 3.8) is 0 Å². The van der Waals surface area contributed by atoms with E-state index >= 15 is 0 Å². The van der Waals surface area contributed by atoms with Gasteiger partial charge in [0.2, 0.25) is 0 Å². The van der Waals surface area contributed by atoms with Crippen molar-refractivity contribution in [2.75, 3.05) is 19.6 Å². The first kappa shape index (κ1) is 21.2. The normalized spacial score (nSPS) is 17.2. The van der Waals surface area contributed by atoms with Crippen LogP contribution in [0.1, 0.15) is 48.5 Å². The third-order valence-corrected chi connectivity index (χ3v) is 7.57. The van der Waals surface area contributed by atoms with Crippen molar-refractivity contribution in [2.45, 2.75) is 45.6 Å². The van der Waals surface area contributed by atoms with Gasteiger partial charge in [0, 0.05) is 36.5 Å². The average molecular weight is 447 g/mol. The van der Waals surface area contributed by atoms with Gasteiger partial charge in [0.25, 0.3) is 5.91 Å². The molecule has 3 heterocycles. The third kappa shape index (κ3) is 4.30. The van der Waals surface area contributed by atoms with Gasteiger partial charge in [0.05, 0.1) is 15.9 Å². The Kier molecular flexibility index (Phi) is 5.98. The highest BCUT2D eigenvalue weighted by Crippen LogP contribution is 2.30. The van der Waals surface area contributed by atoms with Gasteiger partial charge in [-0.15, -0.1) is 0 Å². The topological polar surface area (TPSA) is 49.6 Å². The van der Waals surface area contributed by atoms with E-state index in [1.165, 1.54) is 31.4 Å². The number of likely N-dealkylation sites (tertiary alicyclic amines) is 1. The number of hydrogen-bond donors (Lipinski definition) is 1. The summed E-state index contributed by atoms with van der Waals surface area (Å²) in [5, 5.41) is 3.10. The number of aryl methyl sites for hydroxylation is 1. The van der Waals surface area contributed by atoms with Crippen LogP contribution in [0.2, 0.25) is 0 Å². The molecular formula is C26H30N4OS. The molecule has 32 heavy (non-hydrogen) atoms. The second-order valence-corrected chi connectivity index (χ2v) is 9.93.